The molecule has 2 unspecified atom stereocenters. The fourth-order valence-corrected chi connectivity index (χ4v) is 2.60. The Morgan fingerprint density at radius 1 is 1.35 bits per heavy atom. The van der Waals surface area contributed by atoms with Gasteiger partial charge in [-0.2, -0.15) is 0 Å². The highest BCUT2D eigenvalue weighted by Gasteiger charge is 2.41. The maximum Gasteiger partial charge on any atom is 0.307 e. The normalized spacial score (nSPS) is 20.9. The quantitative estimate of drug-likeness (QED) is 0.882. The summed E-state index contributed by atoms with van der Waals surface area (Å²) in [4.78, 5) is 23.1. The van der Waals surface area contributed by atoms with E-state index < -0.39 is 17.8 Å². The van der Waals surface area contributed by atoms with Gasteiger partial charge in [0.15, 0.2) is 0 Å². The number of amides is 1. The van der Waals surface area contributed by atoms with Crippen LogP contribution in [0, 0.1) is 18.8 Å². The van der Waals surface area contributed by atoms with E-state index in [1.165, 1.54) is 7.11 Å². The average Bonchev–Trinajstić information content (AvgIpc) is 2.31. The number of rotatable bonds is 4. The number of aryl methyl sites for hydroxylation is 1. The first-order chi connectivity index (χ1) is 9.43. The summed E-state index contributed by atoms with van der Waals surface area (Å²) in [5, 5.41) is 11.7. The number of methoxy groups -OCH3 is 1. The van der Waals surface area contributed by atoms with Crippen LogP contribution in [0.5, 0.6) is 5.75 Å². The Morgan fingerprint density at radius 3 is 2.50 bits per heavy atom. The van der Waals surface area contributed by atoms with E-state index in [-0.39, 0.29) is 5.91 Å². The summed E-state index contributed by atoms with van der Waals surface area (Å²) in [6, 6.07) is 3.58. The third-order valence-electron chi connectivity index (χ3n) is 3.67. The SMILES string of the molecule is COc1cc(C)c(Br)cc1NC(=O)C1CCC1C(=O)O. The van der Waals surface area contributed by atoms with Crippen molar-refractivity contribution < 1.29 is 19.4 Å². The number of hydrogen-bond donors (Lipinski definition) is 2. The third-order valence-corrected chi connectivity index (χ3v) is 4.52. The number of carboxylic acid groups (broad SMARTS) is 1. The van der Waals surface area contributed by atoms with E-state index in [2.05, 4.69) is 21.2 Å². The van der Waals surface area contributed by atoms with E-state index in [9.17, 15) is 9.59 Å². The van der Waals surface area contributed by atoms with Crippen LogP contribution in [0.4, 0.5) is 5.69 Å². The molecule has 1 aliphatic rings. The molecular weight excluding hydrogens is 326 g/mol. The van der Waals surface area contributed by atoms with Gasteiger partial charge in [-0.1, -0.05) is 15.9 Å². The van der Waals surface area contributed by atoms with E-state index >= 15 is 0 Å². The van der Waals surface area contributed by atoms with Crippen LogP contribution in [0.2, 0.25) is 0 Å². The Balaban J connectivity index is 2.16. The Kier molecular flexibility index (Phi) is 4.32. The van der Waals surface area contributed by atoms with Crippen molar-refractivity contribution in [2.45, 2.75) is 19.8 Å². The second kappa shape index (κ2) is 5.83. The number of aliphatic carboxylic acids is 1. The highest BCUT2D eigenvalue weighted by atomic mass is 79.9. The van der Waals surface area contributed by atoms with Gasteiger partial charge in [0, 0.05) is 4.47 Å². The van der Waals surface area contributed by atoms with Gasteiger partial charge in [-0.3, -0.25) is 9.59 Å². The molecule has 0 heterocycles. The van der Waals surface area contributed by atoms with Crippen molar-refractivity contribution in [2.75, 3.05) is 12.4 Å². The van der Waals surface area contributed by atoms with E-state index in [1.54, 1.807) is 6.07 Å². The Hall–Kier alpha value is -1.56. The Labute approximate surface area is 125 Å². The van der Waals surface area contributed by atoms with Crippen LogP contribution in [-0.2, 0) is 9.59 Å². The van der Waals surface area contributed by atoms with Gasteiger partial charge in [0.2, 0.25) is 5.91 Å². The molecule has 5 nitrogen and oxygen atoms in total. The summed E-state index contributed by atoms with van der Waals surface area (Å²) in [5.41, 5.74) is 1.54. The van der Waals surface area contributed by atoms with Crippen LogP contribution in [0.15, 0.2) is 16.6 Å². The Morgan fingerprint density at radius 2 is 2.00 bits per heavy atom. The zero-order valence-electron chi connectivity index (χ0n) is 11.3. The Bertz CT molecular complexity index is 558. The predicted molar refractivity (Wildman–Crippen MR) is 77.9 cm³/mol. The standard InChI is InChI=1S/C14H16BrNO4/c1-7-5-12(20-2)11(6-10(7)15)16-13(17)8-3-4-9(8)14(18)19/h5-6,8-9H,3-4H2,1-2H3,(H,16,17)(H,18,19). The minimum absolute atomic E-state index is 0.266. The van der Waals surface area contributed by atoms with Gasteiger partial charge in [-0.15, -0.1) is 0 Å². The van der Waals surface area contributed by atoms with Crippen LogP contribution >= 0.6 is 15.9 Å². The molecule has 0 saturated heterocycles. The summed E-state index contributed by atoms with van der Waals surface area (Å²) < 4.78 is 6.09. The largest absolute Gasteiger partial charge is 0.495 e. The van der Waals surface area contributed by atoms with Crippen LogP contribution in [-0.4, -0.2) is 24.1 Å². The molecule has 0 aliphatic heterocycles. The number of carbonyl (C=O) groups excluding carboxylic acids is 1. The first kappa shape index (κ1) is 14.8. The lowest BCUT2D eigenvalue weighted by Crippen LogP contribution is -2.41. The van der Waals surface area contributed by atoms with Gasteiger partial charge in [-0.25, -0.2) is 0 Å². The molecule has 1 aliphatic carbocycles. The third kappa shape index (κ3) is 2.80. The van der Waals surface area contributed by atoms with Crippen LogP contribution in [0.25, 0.3) is 0 Å². The number of carboxylic acids is 1. The number of nitrogens with one attached hydrogen (secondary N) is 1. The fourth-order valence-electron chi connectivity index (χ4n) is 2.26. The molecule has 2 N–H and O–H groups in total. The number of ether oxygens (including phenoxy) is 1. The van der Waals surface area contributed by atoms with E-state index in [0.29, 0.717) is 24.3 Å². The molecule has 0 bridgehead atoms. The van der Waals surface area contributed by atoms with Crippen molar-refractivity contribution in [3.8, 4) is 5.75 Å². The molecule has 2 atom stereocenters. The summed E-state index contributed by atoms with van der Waals surface area (Å²) >= 11 is 3.40. The molecule has 1 saturated carbocycles. The molecule has 108 valence electrons. The van der Waals surface area contributed by atoms with E-state index in [0.717, 1.165) is 10.0 Å². The van der Waals surface area contributed by atoms with Gasteiger partial charge >= 0.3 is 5.97 Å². The molecule has 0 spiro atoms. The van der Waals surface area contributed by atoms with Crippen molar-refractivity contribution in [3.05, 3.63) is 22.2 Å². The molecule has 20 heavy (non-hydrogen) atoms. The molecule has 0 aromatic heterocycles. The minimum Gasteiger partial charge on any atom is -0.495 e. The number of halogens is 1. The van der Waals surface area contributed by atoms with Gasteiger partial charge < -0.3 is 15.2 Å². The molecule has 1 amide bonds. The fraction of sp³-hybridized carbons (Fsp3) is 0.429. The van der Waals surface area contributed by atoms with Crippen molar-refractivity contribution in [1.29, 1.82) is 0 Å². The average molecular weight is 342 g/mol. The maximum absolute atomic E-state index is 12.1. The van der Waals surface area contributed by atoms with Crippen molar-refractivity contribution in [3.63, 3.8) is 0 Å². The zero-order chi connectivity index (χ0) is 14.9. The second-order valence-corrected chi connectivity index (χ2v) is 5.77. The van der Waals surface area contributed by atoms with E-state index in [4.69, 9.17) is 9.84 Å². The second-order valence-electron chi connectivity index (χ2n) is 4.92. The number of benzene rings is 1. The lowest BCUT2D eigenvalue weighted by atomic mass is 9.73. The summed E-state index contributed by atoms with van der Waals surface area (Å²) in [6.07, 6.45) is 1.17. The predicted octanol–water partition coefficient (Wildman–Crippen LogP) is 2.82. The van der Waals surface area contributed by atoms with Crippen molar-refractivity contribution in [1.82, 2.24) is 0 Å². The van der Waals surface area contributed by atoms with E-state index in [1.807, 2.05) is 13.0 Å². The number of carbonyl (C=O) groups is 2. The molecular formula is C14H16BrNO4. The van der Waals surface area contributed by atoms with Gasteiger partial charge in [-0.05, 0) is 37.5 Å². The molecule has 1 aromatic carbocycles. The highest BCUT2D eigenvalue weighted by Crippen LogP contribution is 2.37. The molecule has 1 fully saturated rings. The zero-order valence-corrected chi connectivity index (χ0v) is 12.9. The first-order valence-electron chi connectivity index (χ1n) is 6.32. The topological polar surface area (TPSA) is 75.6 Å². The maximum atomic E-state index is 12.1. The van der Waals surface area contributed by atoms with Crippen molar-refractivity contribution >= 4 is 33.5 Å². The monoisotopic (exact) mass is 341 g/mol. The highest BCUT2D eigenvalue weighted by molar-refractivity contribution is 9.10. The molecule has 6 heteroatoms. The summed E-state index contributed by atoms with van der Waals surface area (Å²) in [5.74, 6) is -1.65. The number of anilines is 1. The molecule has 2 rings (SSSR count). The van der Waals surface area contributed by atoms with Crippen molar-refractivity contribution in [2.24, 2.45) is 11.8 Å². The van der Waals surface area contributed by atoms with Gasteiger partial charge in [0.25, 0.3) is 0 Å². The van der Waals surface area contributed by atoms with Crippen LogP contribution in [0.1, 0.15) is 18.4 Å². The van der Waals surface area contributed by atoms with Crippen LogP contribution in [0.3, 0.4) is 0 Å². The number of hydrogen-bond acceptors (Lipinski definition) is 3. The van der Waals surface area contributed by atoms with Gasteiger partial charge in [0.05, 0.1) is 24.6 Å². The lowest BCUT2D eigenvalue weighted by molar-refractivity contribution is -0.151. The van der Waals surface area contributed by atoms with Crippen LogP contribution < -0.4 is 10.1 Å². The smallest absolute Gasteiger partial charge is 0.307 e. The first-order valence-corrected chi connectivity index (χ1v) is 7.11. The minimum atomic E-state index is -0.909. The summed E-state index contributed by atoms with van der Waals surface area (Å²) in [7, 11) is 1.53. The molecule has 0 radical (unpaired) electrons. The summed E-state index contributed by atoms with van der Waals surface area (Å²) in [6.45, 7) is 1.92. The lowest BCUT2D eigenvalue weighted by Gasteiger charge is -2.32. The molecule has 1 aromatic rings. The van der Waals surface area contributed by atoms with Gasteiger partial charge in [0.1, 0.15) is 5.75 Å².